The first-order valence-corrected chi connectivity index (χ1v) is 7.60. The van der Waals surface area contributed by atoms with Crippen LogP contribution in [-0.2, 0) is 6.54 Å². The summed E-state index contributed by atoms with van der Waals surface area (Å²) in [6.07, 6.45) is 1.71. The van der Waals surface area contributed by atoms with Gasteiger partial charge in [0.1, 0.15) is 5.82 Å². The minimum absolute atomic E-state index is 0.0886. The molecular formula is C16H28N4O2. The molecule has 1 rings (SSSR count). The number of anilines is 1. The Labute approximate surface area is 132 Å². The fourth-order valence-electron chi connectivity index (χ4n) is 1.90. The first-order valence-electron chi connectivity index (χ1n) is 7.60. The molecular weight excluding hydrogens is 280 g/mol. The van der Waals surface area contributed by atoms with E-state index in [0.717, 1.165) is 24.4 Å². The predicted octanol–water partition coefficient (Wildman–Crippen LogP) is 1.75. The van der Waals surface area contributed by atoms with Gasteiger partial charge in [-0.1, -0.05) is 19.9 Å². The maximum Gasteiger partial charge on any atom is 0.315 e. The summed E-state index contributed by atoms with van der Waals surface area (Å²) < 4.78 is 0. The van der Waals surface area contributed by atoms with Crippen molar-refractivity contribution in [2.75, 3.05) is 32.1 Å². The fourth-order valence-corrected chi connectivity index (χ4v) is 1.90. The third kappa shape index (κ3) is 6.76. The molecule has 6 nitrogen and oxygen atoms in total. The molecule has 22 heavy (non-hydrogen) atoms. The van der Waals surface area contributed by atoms with E-state index in [4.69, 9.17) is 5.11 Å². The molecule has 2 amide bonds. The Balaban J connectivity index is 2.27. The zero-order valence-electron chi connectivity index (χ0n) is 14.0. The fraction of sp³-hybridized carbons (Fsp3) is 0.625. The van der Waals surface area contributed by atoms with Crippen LogP contribution < -0.4 is 15.5 Å². The Morgan fingerprint density at radius 3 is 2.68 bits per heavy atom. The molecule has 1 aromatic heterocycles. The maximum atomic E-state index is 11.7. The maximum absolute atomic E-state index is 11.7. The summed E-state index contributed by atoms with van der Waals surface area (Å²) >= 11 is 0. The third-order valence-electron chi connectivity index (χ3n) is 3.42. The van der Waals surface area contributed by atoms with Crippen LogP contribution in [0.4, 0.5) is 10.6 Å². The molecule has 0 saturated carbocycles. The molecule has 0 saturated heterocycles. The van der Waals surface area contributed by atoms with Crippen molar-refractivity contribution in [1.29, 1.82) is 0 Å². The summed E-state index contributed by atoms with van der Waals surface area (Å²) in [4.78, 5) is 18.1. The molecule has 0 aliphatic carbocycles. The lowest BCUT2D eigenvalue weighted by Gasteiger charge is -2.21. The van der Waals surface area contributed by atoms with Crippen molar-refractivity contribution < 1.29 is 9.90 Å². The number of amides is 2. The van der Waals surface area contributed by atoms with Crippen molar-refractivity contribution >= 4 is 11.8 Å². The molecule has 0 radical (unpaired) electrons. The highest BCUT2D eigenvalue weighted by Crippen LogP contribution is 2.20. The number of hydrogen-bond acceptors (Lipinski definition) is 4. The van der Waals surface area contributed by atoms with Gasteiger partial charge in [-0.25, -0.2) is 9.78 Å². The van der Waals surface area contributed by atoms with Gasteiger partial charge in [-0.2, -0.15) is 0 Å². The number of aromatic nitrogens is 1. The van der Waals surface area contributed by atoms with Crippen LogP contribution in [0.3, 0.4) is 0 Å². The van der Waals surface area contributed by atoms with E-state index in [1.807, 2.05) is 51.0 Å². The highest BCUT2D eigenvalue weighted by atomic mass is 16.3. The van der Waals surface area contributed by atoms with Crippen molar-refractivity contribution in [2.24, 2.45) is 5.41 Å². The van der Waals surface area contributed by atoms with Crippen molar-refractivity contribution in [2.45, 2.75) is 33.2 Å². The Hall–Kier alpha value is -1.82. The van der Waals surface area contributed by atoms with E-state index in [2.05, 4.69) is 15.6 Å². The number of nitrogens with zero attached hydrogens (tertiary/aromatic N) is 2. The van der Waals surface area contributed by atoms with Gasteiger partial charge in [0.2, 0.25) is 0 Å². The number of rotatable bonds is 8. The molecule has 0 aromatic carbocycles. The number of hydrogen-bond donors (Lipinski definition) is 3. The molecule has 1 aromatic rings. The van der Waals surface area contributed by atoms with Crippen LogP contribution in [0.25, 0.3) is 0 Å². The normalized spacial score (nSPS) is 11.1. The van der Waals surface area contributed by atoms with Crippen LogP contribution in [0.1, 0.15) is 32.4 Å². The van der Waals surface area contributed by atoms with Crippen molar-refractivity contribution in [3.63, 3.8) is 0 Å². The summed E-state index contributed by atoms with van der Waals surface area (Å²) in [5.74, 6) is 0.867. The van der Waals surface area contributed by atoms with Crippen LogP contribution in [0.5, 0.6) is 0 Å². The Kier molecular flexibility index (Phi) is 7.11. The number of aliphatic hydroxyl groups excluding tert-OH is 1. The van der Waals surface area contributed by atoms with Crippen molar-refractivity contribution in [3.05, 3.63) is 23.9 Å². The number of aliphatic hydroxyl groups is 1. The first kappa shape index (κ1) is 18.2. The van der Waals surface area contributed by atoms with Crippen LogP contribution in [0.2, 0.25) is 0 Å². The molecule has 0 fully saturated rings. The minimum Gasteiger partial charge on any atom is -0.396 e. The lowest BCUT2D eigenvalue weighted by atomic mass is 9.89. The summed E-state index contributed by atoms with van der Waals surface area (Å²) in [5.41, 5.74) is 0.733. The largest absolute Gasteiger partial charge is 0.396 e. The third-order valence-corrected chi connectivity index (χ3v) is 3.42. The Morgan fingerprint density at radius 1 is 1.32 bits per heavy atom. The molecule has 124 valence electrons. The second-order valence-electron chi connectivity index (χ2n) is 6.42. The van der Waals surface area contributed by atoms with Crippen molar-refractivity contribution in [1.82, 2.24) is 15.6 Å². The number of carbonyl (C=O) groups excluding carboxylic acids is 1. The average molecular weight is 308 g/mol. The molecule has 0 atom stereocenters. The highest BCUT2D eigenvalue weighted by molar-refractivity contribution is 5.73. The molecule has 0 aliphatic heterocycles. The summed E-state index contributed by atoms with van der Waals surface area (Å²) in [5, 5.41) is 14.8. The van der Waals surface area contributed by atoms with Gasteiger partial charge in [-0.05, 0) is 30.4 Å². The summed E-state index contributed by atoms with van der Waals surface area (Å²) in [6.45, 7) is 5.18. The summed E-state index contributed by atoms with van der Waals surface area (Å²) in [6, 6.07) is 5.54. The average Bonchev–Trinajstić information content (AvgIpc) is 2.50. The van der Waals surface area contributed by atoms with Crippen LogP contribution >= 0.6 is 0 Å². The SMILES string of the molecule is CN(C)c1cccc(CNC(=O)NCCCC(C)(C)CO)n1. The van der Waals surface area contributed by atoms with Gasteiger partial charge in [-0.15, -0.1) is 0 Å². The highest BCUT2D eigenvalue weighted by Gasteiger charge is 2.15. The molecule has 3 N–H and O–H groups in total. The molecule has 6 heteroatoms. The van der Waals surface area contributed by atoms with Gasteiger partial charge in [0, 0.05) is 27.2 Å². The Bertz CT molecular complexity index is 475. The second kappa shape index (κ2) is 8.58. The van der Waals surface area contributed by atoms with Crippen LogP contribution in [-0.4, -0.2) is 43.4 Å². The van der Waals surface area contributed by atoms with Crippen molar-refractivity contribution in [3.8, 4) is 0 Å². The van der Waals surface area contributed by atoms with E-state index in [0.29, 0.717) is 13.1 Å². The zero-order valence-corrected chi connectivity index (χ0v) is 14.0. The van der Waals surface area contributed by atoms with E-state index in [1.165, 1.54) is 0 Å². The smallest absolute Gasteiger partial charge is 0.315 e. The monoisotopic (exact) mass is 308 g/mol. The molecule has 1 heterocycles. The minimum atomic E-state index is -0.195. The van der Waals surface area contributed by atoms with Gasteiger partial charge in [0.25, 0.3) is 0 Å². The van der Waals surface area contributed by atoms with E-state index in [1.54, 1.807) is 0 Å². The Morgan fingerprint density at radius 2 is 2.05 bits per heavy atom. The van der Waals surface area contributed by atoms with Gasteiger partial charge in [0.05, 0.1) is 12.2 Å². The number of pyridine rings is 1. The summed E-state index contributed by atoms with van der Waals surface area (Å²) in [7, 11) is 3.86. The molecule has 0 unspecified atom stereocenters. The number of carbonyl (C=O) groups is 1. The molecule has 0 spiro atoms. The number of nitrogens with one attached hydrogen (secondary N) is 2. The van der Waals surface area contributed by atoms with Crippen LogP contribution in [0, 0.1) is 5.41 Å². The van der Waals surface area contributed by atoms with E-state index in [9.17, 15) is 4.79 Å². The van der Waals surface area contributed by atoms with Gasteiger partial charge in [0.15, 0.2) is 0 Å². The predicted molar refractivity (Wildman–Crippen MR) is 88.9 cm³/mol. The van der Waals surface area contributed by atoms with Gasteiger partial charge >= 0.3 is 6.03 Å². The molecule has 0 aliphatic rings. The van der Waals surface area contributed by atoms with Crippen LogP contribution in [0.15, 0.2) is 18.2 Å². The lowest BCUT2D eigenvalue weighted by Crippen LogP contribution is -2.36. The van der Waals surface area contributed by atoms with E-state index in [-0.39, 0.29) is 18.1 Å². The number of urea groups is 1. The van der Waals surface area contributed by atoms with Gasteiger partial charge < -0.3 is 20.6 Å². The lowest BCUT2D eigenvalue weighted by molar-refractivity contribution is 0.148. The topological polar surface area (TPSA) is 77.5 Å². The quantitative estimate of drug-likeness (QED) is 0.639. The molecule has 0 bridgehead atoms. The zero-order chi connectivity index (χ0) is 16.6. The van der Waals surface area contributed by atoms with Gasteiger partial charge in [-0.3, -0.25) is 0 Å². The van der Waals surface area contributed by atoms with E-state index >= 15 is 0 Å². The van der Waals surface area contributed by atoms with E-state index < -0.39 is 0 Å². The standard InChI is InChI=1S/C16H28N4O2/c1-16(2,12-21)9-6-10-17-15(22)18-11-13-7-5-8-14(19-13)20(3)4/h5,7-8,21H,6,9-12H2,1-4H3,(H2,17,18,22). The second-order valence-corrected chi connectivity index (χ2v) is 6.42. The first-order chi connectivity index (χ1) is 10.3.